The standard InChI is InChI=1S/C18H17N7S/c19-25-17(21-22-18(25)26-13-14-7-3-1-4-8-14)12-24-11-16(20-23-24)15-9-5-2-6-10-15/h1-11H,12-13,19H2. The van der Waals surface area contributed by atoms with Gasteiger partial charge in [0.05, 0.1) is 6.20 Å². The summed E-state index contributed by atoms with van der Waals surface area (Å²) in [5.74, 6) is 7.56. The number of aromatic nitrogens is 6. The Kier molecular flexibility index (Phi) is 4.65. The average Bonchev–Trinajstić information content (AvgIpc) is 3.30. The van der Waals surface area contributed by atoms with E-state index < -0.39 is 0 Å². The fraction of sp³-hybridized carbons (Fsp3) is 0.111. The second kappa shape index (κ2) is 7.40. The van der Waals surface area contributed by atoms with E-state index in [-0.39, 0.29) is 0 Å². The van der Waals surface area contributed by atoms with E-state index in [0.717, 1.165) is 17.0 Å². The Bertz CT molecular complexity index is 979. The van der Waals surface area contributed by atoms with Gasteiger partial charge in [0.2, 0.25) is 5.16 Å². The van der Waals surface area contributed by atoms with Gasteiger partial charge in [0.1, 0.15) is 12.2 Å². The molecule has 0 radical (unpaired) electrons. The minimum absolute atomic E-state index is 0.412. The van der Waals surface area contributed by atoms with E-state index in [1.165, 1.54) is 10.2 Å². The first kappa shape index (κ1) is 16.3. The van der Waals surface area contributed by atoms with Crippen LogP contribution in [0, 0.1) is 0 Å². The van der Waals surface area contributed by atoms with Crippen molar-refractivity contribution in [3.63, 3.8) is 0 Å². The van der Waals surface area contributed by atoms with Crippen LogP contribution in [0.25, 0.3) is 11.3 Å². The molecule has 0 spiro atoms. The Balaban J connectivity index is 1.44. The lowest BCUT2D eigenvalue weighted by atomic mass is 10.2. The van der Waals surface area contributed by atoms with Crippen molar-refractivity contribution in [3.8, 4) is 11.3 Å². The summed E-state index contributed by atoms with van der Waals surface area (Å²) in [6.07, 6.45) is 1.88. The molecule has 0 saturated carbocycles. The zero-order valence-corrected chi connectivity index (χ0v) is 14.8. The van der Waals surface area contributed by atoms with Crippen LogP contribution < -0.4 is 5.84 Å². The van der Waals surface area contributed by atoms with E-state index in [4.69, 9.17) is 5.84 Å². The van der Waals surface area contributed by atoms with Crippen LogP contribution in [0.5, 0.6) is 0 Å². The molecule has 130 valence electrons. The van der Waals surface area contributed by atoms with Crippen molar-refractivity contribution in [1.82, 2.24) is 29.9 Å². The SMILES string of the molecule is Nn1c(Cn2cc(-c3ccccc3)nn2)nnc1SCc1ccccc1. The van der Waals surface area contributed by atoms with Crippen LogP contribution in [0.1, 0.15) is 11.4 Å². The first-order valence-corrected chi connectivity index (χ1v) is 9.10. The van der Waals surface area contributed by atoms with E-state index in [1.807, 2.05) is 54.7 Å². The van der Waals surface area contributed by atoms with Crippen molar-refractivity contribution < 1.29 is 0 Å². The summed E-state index contributed by atoms with van der Waals surface area (Å²) in [6.45, 7) is 0.412. The summed E-state index contributed by atoms with van der Waals surface area (Å²) < 4.78 is 3.22. The van der Waals surface area contributed by atoms with Crippen LogP contribution >= 0.6 is 11.8 Å². The summed E-state index contributed by atoms with van der Waals surface area (Å²) in [5.41, 5.74) is 3.05. The summed E-state index contributed by atoms with van der Waals surface area (Å²) in [5, 5.41) is 17.4. The van der Waals surface area contributed by atoms with Crippen molar-refractivity contribution in [3.05, 3.63) is 78.2 Å². The molecule has 0 aliphatic rings. The fourth-order valence-corrected chi connectivity index (χ4v) is 3.33. The number of thioether (sulfide) groups is 1. The zero-order valence-electron chi connectivity index (χ0n) is 13.9. The smallest absolute Gasteiger partial charge is 0.210 e. The van der Waals surface area contributed by atoms with Gasteiger partial charge in [0.15, 0.2) is 5.82 Å². The van der Waals surface area contributed by atoms with Gasteiger partial charge in [-0.15, -0.1) is 15.3 Å². The monoisotopic (exact) mass is 363 g/mol. The summed E-state index contributed by atoms with van der Waals surface area (Å²) in [6, 6.07) is 20.1. The minimum Gasteiger partial charge on any atom is -0.335 e. The van der Waals surface area contributed by atoms with Gasteiger partial charge in [0.25, 0.3) is 0 Å². The molecule has 8 heteroatoms. The topological polar surface area (TPSA) is 87.4 Å². The van der Waals surface area contributed by atoms with E-state index in [2.05, 4.69) is 32.6 Å². The maximum atomic E-state index is 6.14. The van der Waals surface area contributed by atoms with Gasteiger partial charge in [-0.3, -0.25) is 0 Å². The molecule has 2 heterocycles. The second-order valence-corrected chi connectivity index (χ2v) is 6.65. The third-order valence-electron chi connectivity index (χ3n) is 3.86. The number of nitrogens with two attached hydrogens (primary N) is 1. The van der Waals surface area contributed by atoms with Gasteiger partial charge in [-0.1, -0.05) is 77.6 Å². The van der Waals surface area contributed by atoms with Crippen LogP contribution in [0.2, 0.25) is 0 Å². The van der Waals surface area contributed by atoms with Crippen LogP contribution in [0.15, 0.2) is 72.0 Å². The lowest BCUT2D eigenvalue weighted by Gasteiger charge is -2.03. The fourth-order valence-electron chi connectivity index (χ4n) is 2.50. The lowest BCUT2D eigenvalue weighted by Crippen LogP contribution is -2.16. The molecular formula is C18H17N7S. The van der Waals surface area contributed by atoms with Crippen molar-refractivity contribution in [2.75, 3.05) is 5.84 Å². The quantitative estimate of drug-likeness (QED) is 0.418. The van der Waals surface area contributed by atoms with Gasteiger partial charge in [-0.05, 0) is 5.56 Å². The molecule has 4 rings (SSSR count). The first-order chi connectivity index (χ1) is 12.8. The third-order valence-corrected chi connectivity index (χ3v) is 4.87. The molecule has 0 atom stereocenters. The van der Waals surface area contributed by atoms with Crippen LogP contribution in [0.3, 0.4) is 0 Å². The Morgan fingerprint density at radius 2 is 1.62 bits per heavy atom. The van der Waals surface area contributed by atoms with Gasteiger partial charge in [0, 0.05) is 11.3 Å². The number of hydrogen-bond acceptors (Lipinski definition) is 6. The van der Waals surface area contributed by atoms with Crippen molar-refractivity contribution in [2.24, 2.45) is 0 Å². The minimum atomic E-state index is 0.412. The molecule has 26 heavy (non-hydrogen) atoms. The van der Waals surface area contributed by atoms with E-state index in [1.54, 1.807) is 16.4 Å². The molecule has 7 nitrogen and oxygen atoms in total. The van der Waals surface area contributed by atoms with Gasteiger partial charge < -0.3 is 5.84 Å². The highest BCUT2D eigenvalue weighted by Crippen LogP contribution is 2.20. The molecule has 0 aliphatic heterocycles. The van der Waals surface area contributed by atoms with Crippen molar-refractivity contribution in [1.29, 1.82) is 0 Å². The molecule has 2 aromatic carbocycles. The number of nitrogens with zero attached hydrogens (tertiary/aromatic N) is 6. The van der Waals surface area contributed by atoms with Gasteiger partial charge in [-0.25, -0.2) is 9.36 Å². The van der Waals surface area contributed by atoms with Crippen LogP contribution in [0.4, 0.5) is 0 Å². The number of nitrogen functional groups attached to an aromatic ring is 1. The highest BCUT2D eigenvalue weighted by Gasteiger charge is 2.12. The van der Waals surface area contributed by atoms with E-state index in [9.17, 15) is 0 Å². The summed E-state index contributed by atoms with van der Waals surface area (Å²) >= 11 is 1.55. The molecule has 2 aromatic heterocycles. The molecule has 0 saturated heterocycles. The van der Waals surface area contributed by atoms with Gasteiger partial charge in [-0.2, -0.15) is 0 Å². The van der Waals surface area contributed by atoms with Crippen molar-refractivity contribution in [2.45, 2.75) is 17.5 Å². The summed E-state index contributed by atoms with van der Waals surface area (Å²) in [7, 11) is 0. The van der Waals surface area contributed by atoms with Crippen LogP contribution in [-0.4, -0.2) is 29.9 Å². The molecule has 0 amide bonds. The second-order valence-electron chi connectivity index (χ2n) is 5.71. The van der Waals surface area contributed by atoms with Gasteiger partial charge >= 0.3 is 0 Å². The number of rotatable bonds is 6. The maximum absolute atomic E-state index is 6.14. The highest BCUT2D eigenvalue weighted by molar-refractivity contribution is 7.98. The van der Waals surface area contributed by atoms with Crippen LogP contribution in [-0.2, 0) is 12.3 Å². The van der Waals surface area contributed by atoms with Crippen molar-refractivity contribution >= 4 is 11.8 Å². The molecule has 0 bridgehead atoms. The highest BCUT2D eigenvalue weighted by atomic mass is 32.2. The Morgan fingerprint density at radius 3 is 2.38 bits per heavy atom. The Morgan fingerprint density at radius 1 is 0.885 bits per heavy atom. The first-order valence-electron chi connectivity index (χ1n) is 8.11. The number of benzene rings is 2. The molecule has 4 aromatic rings. The normalized spacial score (nSPS) is 10.9. The van der Waals surface area contributed by atoms with E-state index in [0.29, 0.717) is 17.5 Å². The molecule has 2 N–H and O–H groups in total. The third kappa shape index (κ3) is 3.60. The molecule has 0 unspecified atom stereocenters. The molecule has 0 fully saturated rings. The molecule has 0 aliphatic carbocycles. The predicted molar refractivity (Wildman–Crippen MR) is 101 cm³/mol. The Hall–Kier alpha value is -3.13. The van der Waals surface area contributed by atoms with E-state index >= 15 is 0 Å². The summed E-state index contributed by atoms with van der Waals surface area (Å²) in [4.78, 5) is 0. The lowest BCUT2D eigenvalue weighted by molar-refractivity contribution is 0.607. The number of hydrogen-bond donors (Lipinski definition) is 1. The molecular weight excluding hydrogens is 346 g/mol. The maximum Gasteiger partial charge on any atom is 0.210 e. The predicted octanol–water partition coefficient (Wildman–Crippen LogP) is 2.59. The zero-order chi connectivity index (χ0) is 17.8. The Labute approximate surface area is 154 Å². The average molecular weight is 363 g/mol. The largest absolute Gasteiger partial charge is 0.335 e.